The van der Waals surface area contributed by atoms with Crippen molar-refractivity contribution < 1.29 is 18.0 Å². The summed E-state index contributed by atoms with van der Waals surface area (Å²) in [5, 5.41) is 2.64. The van der Waals surface area contributed by atoms with E-state index in [1.54, 1.807) is 0 Å². The van der Waals surface area contributed by atoms with Gasteiger partial charge in [-0.1, -0.05) is 22.5 Å². The molecule has 1 saturated carbocycles. The van der Waals surface area contributed by atoms with Gasteiger partial charge in [-0.2, -0.15) is 13.2 Å². The molecule has 1 amide bonds. The molecular formula is C11H15BrF3NO. The van der Waals surface area contributed by atoms with Crippen LogP contribution in [-0.2, 0) is 4.79 Å². The standard InChI is InChI=1S/C11H15BrF3NO/c1-7(12)6-16-10(17)8-2-4-9(5-3-8)11(13,14)15/h8-9H,1-6H2,(H,16,17). The predicted octanol–water partition coefficient (Wildman–Crippen LogP) is 3.38. The molecule has 0 heterocycles. The fourth-order valence-electron chi connectivity index (χ4n) is 2.01. The molecule has 0 aromatic carbocycles. The van der Waals surface area contributed by atoms with Crippen molar-refractivity contribution in [3.8, 4) is 0 Å². The summed E-state index contributed by atoms with van der Waals surface area (Å²) in [6, 6.07) is 0. The summed E-state index contributed by atoms with van der Waals surface area (Å²) in [6.07, 6.45) is -3.39. The molecule has 0 radical (unpaired) electrons. The monoisotopic (exact) mass is 313 g/mol. The maximum Gasteiger partial charge on any atom is 0.391 e. The Morgan fingerprint density at radius 3 is 2.24 bits per heavy atom. The minimum atomic E-state index is -4.12. The maximum absolute atomic E-state index is 12.4. The molecule has 0 spiro atoms. The van der Waals surface area contributed by atoms with Crippen molar-refractivity contribution in [2.45, 2.75) is 31.9 Å². The number of rotatable bonds is 3. The second-order valence-electron chi connectivity index (χ2n) is 4.33. The van der Waals surface area contributed by atoms with Crippen LogP contribution in [0.2, 0.25) is 0 Å². The van der Waals surface area contributed by atoms with Crippen molar-refractivity contribution in [2.75, 3.05) is 6.54 Å². The van der Waals surface area contributed by atoms with Crippen LogP contribution >= 0.6 is 15.9 Å². The predicted molar refractivity (Wildman–Crippen MR) is 62.6 cm³/mol. The zero-order valence-corrected chi connectivity index (χ0v) is 10.9. The van der Waals surface area contributed by atoms with Gasteiger partial charge in [0.15, 0.2) is 0 Å². The van der Waals surface area contributed by atoms with E-state index in [2.05, 4.69) is 27.8 Å². The summed E-state index contributed by atoms with van der Waals surface area (Å²) in [5.41, 5.74) is 0. The Kier molecular flexibility index (Phi) is 5.04. The van der Waals surface area contributed by atoms with E-state index in [0.717, 1.165) is 0 Å². The summed E-state index contributed by atoms with van der Waals surface area (Å²) in [6.45, 7) is 3.89. The zero-order chi connectivity index (χ0) is 13.1. The summed E-state index contributed by atoms with van der Waals surface area (Å²) < 4.78 is 37.9. The molecule has 0 bridgehead atoms. The summed E-state index contributed by atoms with van der Waals surface area (Å²) in [7, 11) is 0. The molecule has 0 unspecified atom stereocenters. The Morgan fingerprint density at radius 1 is 1.29 bits per heavy atom. The van der Waals surface area contributed by atoms with Crippen molar-refractivity contribution in [3.63, 3.8) is 0 Å². The third-order valence-corrected chi connectivity index (χ3v) is 3.30. The molecule has 1 aliphatic rings. The van der Waals surface area contributed by atoms with Crippen LogP contribution in [0.1, 0.15) is 25.7 Å². The number of alkyl halides is 3. The lowest BCUT2D eigenvalue weighted by atomic mass is 9.81. The van der Waals surface area contributed by atoms with Crippen LogP contribution in [0.5, 0.6) is 0 Å². The average Bonchev–Trinajstić information content (AvgIpc) is 2.25. The van der Waals surface area contributed by atoms with E-state index in [1.165, 1.54) is 0 Å². The van der Waals surface area contributed by atoms with E-state index in [1.807, 2.05) is 0 Å². The van der Waals surface area contributed by atoms with Gasteiger partial charge in [-0.05, 0) is 25.7 Å². The van der Waals surface area contributed by atoms with E-state index < -0.39 is 12.1 Å². The highest BCUT2D eigenvalue weighted by Gasteiger charge is 2.42. The molecule has 1 aliphatic carbocycles. The summed E-state index contributed by atoms with van der Waals surface area (Å²) in [5.74, 6) is -1.70. The second kappa shape index (κ2) is 5.89. The molecule has 2 nitrogen and oxygen atoms in total. The minimum Gasteiger partial charge on any atom is -0.351 e. The Balaban J connectivity index is 2.36. The molecule has 0 aliphatic heterocycles. The van der Waals surface area contributed by atoms with E-state index in [0.29, 0.717) is 23.9 Å². The van der Waals surface area contributed by atoms with Crippen LogP contribution in [0.15, 0.2) is 11.1 Å². The van der Waals surface area contributed by atoms with Crippen molar-refractivity contribution in [1.82, 2.24) is 5.32 Å². The highest BCUT2D eigenvalue weighted by atomic mass is 79.9. The van der Waals surface area contributed by atoms with Gasteiger partial charge in [0.05, 0.1) is 5.92 Å². The smallest absolute Gasteiger partial charge is 0.351 e. The van der Waals surface area contributed by atoms with Crippen LogP contribution in [-0.4, -0.2) is 18.6 Å². The Bertz CT molecular complexity index is 296. The first-order valence-electron chi connectivity index (χ1n) is 5.48. The highest BCUT2D eigenvalue weighted by molar-refractivity contribution is 9.11. The van der Waals surface area contributed by atoms with Gasteiger partial charge in [-0.25, -0.2) is 0 Å². The quantitative estimate of drug-likeness (QED) is 0.850. The number of carbonyl (C=O) groups is 1. The van der Waals surface area contributed by atoms with Gasteiger partial charge in [0.25, 0.3) is 0 Å². The van der Waals surface area contributed by atoms with E-state index in [4.69, 9.17) is 0 Å². The lowest BCUT2D eigenvalue weighted by molar-refractivity contribution is -0.184. The molecule has 0 saturated heterocycles. The van der Waals surface area contributed by atoms with Crippen LogP contribution in [0.25, 0.3) is 0 Å². The molecule has 6 heteroatoms. The van der Waals surface area contributed by atoms with E-state index >= 15 is 0 Å². The number of halogens is 4. The lowest BCUT2D eigenvalue weighted by Crippen LogP contribution is -2.36. The highest BCUT2D eigenvalue weighted by Crippen LogP contribution is 2.39. The molecular weight excluding hydrogens is 299 g/mol. The van der Waals surface area contributed by atoms with E-state index in [-0.39, 0.29) is 24.7 Å². The zero-order valence-electron chi connectivity index (χ0n) is 9.32. The molecule has 1 rings (SSSR count). The Hall–Kier alpha value is -0.520. The molecule has 98 valence electrons. The first kappa shape index (κ1) is 14.5. The molecule has 1 fully saturated rings. The van der Waals surface area contributed by atoms with Gasteiger partial charge in [0.2, 0.25) is 5.91 Å². The van der Waals surface area contributed by atoms with Crippen molar-refractivity contribution in [2.24, 2.45) is 11.8 Å². The van der Waals surface area contributed by atoms with E-state index in [9.17, 15) is 18.0 Å². The first-order valence-corrected chi connectivity index (χ1v) is 6.27. The molecule has 0 aromatic rings. The van der Waals surface area contributed by atoms with Crippen molar-refractivity contribution in [1.29, 1.82) is 0 Å². The topological polar surface area (TPSA) is 29.1 Å². The molecule has 0 aromatic heterocycles. The molecule has 17 heavy (non-hydrogen) atoms. The number of hydrogen-bond acceptors (Lipinski definition) is 1. The maximum atomic E-state index is 12.4. The fourth-order valence-corrected chi connectivity index (χ4v) is 2.15. The van der Waals surface area contributed by atoms with Crippen LogP contribution < -0.4 is 5.32 Å². The third kappa shape index (κ3) is 4.69. The number of hydrogen-bond donors (Lipinski definition) is 1. The van der Waals surface area contributed by atoms with Gasteiger partial charge in [0, 0.05) is 16.9 Å². The third-order valence-electron chi connectivity index (χ3n) is 3.02. The second-order valence-corrected chi connectivity index (χ2v) is 5.45. The fraction of sp³-hybridized carbons (Fsp3) is 0.727. The lowest BCUT2D eigenvalue weighted by Gasteiger charge is -2.29. The SMILES string of the molecule is C=C(Br)CNC(=O)C1CCC(C(F)(F)F)CC1. The Morgan fingerprint density at radius 2 is 1.82 bits per heavy atom. The number of carbonyl (C=O) groups excluding carboxylic acids is 1. The summed E-state index contributed by atoms with van der Waals surface area (Å²) in [4.78, 5) is 11.6. The van der Waals surface area contributed by atoms with Crippen molar-refractivity contribution in [3.05, 3.63) is 11.1 Å². The van der Waals surface area contributed by atoms with Crippen LogP contribution in [0.3, 0.4) is 0 Å². The van der Waals surface area contributed by atoms with Crippen LogP contribution in [0, 0.1) is 11.8 Å². The summed E-state index contributed by atoms with van der Waals surface area (Å²) >= 11 is 3.10. The molecule has 0 atom stereocenters. The van der Waals surface area contributed by atoms with Crippen molar-refractivity contribution >= 4 is 21.8 Å². The first-order chi connectivity index (χ1) is 7.80. The normalized spacial score (nSPS) is 25.4. The number of amides is 1. The minimum absolute atomic E-state index is 0.0524. The van der Waals surface area contributed by atoms with Crippen LogP contribution in [0.4, 0.5) is 13.2 Å². The number of nitrogens with one attached hydrogen (secondary N) is 1. The molecule has 1 N–H and O–H groups in total. The Labute approximate surface area is 107 Å². The van der Waals surface area contributed by atoms with Gasteiger partial charge < -0.3 is 5.32 Å². The largest absolute Gasteiger partial charge is 0.391 e. The average molecular weight is 314 g/mol. The van der Waals surface area contributed by atoms with Gasteiger partial charge >= 0.3 is 6.18 Å². The van der Waals surface area contributed by atoms with Gasteiger partial charge in [-0.15, -0.1) is 0 Å². The van der Waals surface area contributed by atoms with Gasteiger partial charge in [0.1, 0.15) is 0 Å². The van der Waals surface area contributed by atoms with Gasteiger partial charge in [-0.3, -0.25) is 4.79 Å².